The van der Waals surface area contributed by atoms with E-state index in [2.05, 4.69) is 21.8 Å². The molecule has 4 rings (SSSR count). The Morgan fingerprint density at radius 2 is 2.05 bits per heavy atom. The number of thiophene rings is 1. The van der Waals surface area contributed by atoms with E-state index in [0.717, 1.165) is 29.1 Å². The highest BCUT2D eigenvalue weighted by molar-refractivity contribution is 7.10. The van der Waals surface area contributed by atoms with Gasteiger partial charge in [0.1, 0.15) is 0 Å². The third-order valence-electron chi connectivity index (χ3n) is 3.98. The number of Topliss-reactive ketones (excluding diaryl/α,β-unsaturated/α-hetero) is 1. The number of nitrogens with one attached hydrogen (secondary N) is 1. The van der Waals surface area contributed by atoms with E-state index in [4.69, 9.17) is 0 Å². The van der Waals surface area contributed by atoms with Crippen molar-refractivity contribution in [1.29, 1.82) is 0 Å². The standard InChI is InChI=1S/C17H14N2OS/c20-16-9-11(17-6-3-7-21-17)8-15-12(16)10-18-13-4-1-2-5-14(13)19-15/h1-7,10-11,19H,8-9H2/t11-/m1/s1. The zero-order chi connectivity index (χ0) is 14.2. The van der Waals surface area contributed by atoms with E-state index < -0.39 is 0 Å². The predicted molar refractivity (Wildman–Crippen MR) is 86.5 cm³/mol. The summed E-state index contributed by atoms with van der Waals surface area (Å²) in [5, 5.41) is 5.49. The highest BCUT2D eigenvalue weighted by atomic mass is 32.1. The van der Waals surface area contributed by atoms with Crippen LogP contribution >= 0.6 is 11.3 Å². The van der Waals surface area contributed by atoms with E-state index >= 15 is 0 Å². The van der Waals surface area contributed by atoms with E-state index in [-0.39, 0.29) is 11.7 Å². The number of allylic oxidation sites excluding steroid dienone is 2. The molecule has 3 nitrogen and oxygen atoms in total. The minimum absolute atomic E-state index is 0.179. The summed E-state index contributed by atoms with van der Waals surface area (Å²) in [6, 6.07) is 12.1. The van der Waals surface area contributed by atoms with E-state index in [0.29, 0.717) is 6.42 Å². The zero-order valence-corrected chi connectivity index (χ0v) is 12.2. The van der Waals surface area contributed by atoms with Gasteiger partial charge < -0.3 is 5.32 Å². The first-order valence-corrected chi connectivity index (χ1v) is 7.89. The molecule has 0 amide bonds. The normalized spacial score (nSPS) is 20.6. The number of aliphatic imine (C=N–C) groups is 1. The number of para-hydroxylation sites is 2. The Morgan fingerprint density at radius 1 is 1.14 bits per heavy atom. The fourth-order valence-corrected chi connectivity index (χ4v) is 3.74. The zero-order valence-electron chi connectivity index (χ0n) is 11.4. The molecule has 2 heterocycles. The molecule has 0 saturated carbocycles. The quantitative estimate of drug-likeness (QED) is 0.853. The van der Waals surface area contributed by atoms with Gasteiger partial charge in [-0.3, -0.25) is 9.79 Å². The number of fused-ring (bicyclic) bond motifs is 1. The Bertz CT molecular complexity index is 759. The number of carbonyl (C=O) groups excluding carboxylic acids is 1. The van der Waals surface area contributed by atoms with Gasteiger partial charge in [-0.25, -0.2) is 0 Å². The molecule has 0 radical (unpaired) electrons. The van der Waals surface area contributed by atoms with Crippen molar-refractivity contribution in [3.8, 4) is 0 Å². The molecule has 2 aromatic rings. The number of carbonyl (C=O) groups is 1. The monoisotopic (exact) mass is 294 g/mol. The number of hydrogen-bond acceptors (Lipinski definition) is 4. The summed E-state index contributed by atoms with van der Waals surface area (Å²) in [7, 11) is 0. The SMILES string of the molecule is O=C1C[C@H](c2cccs2)CC2=C1C=Nc1ccccc1N2. The average Bonchev–Trinajstić information content (AvgIpc) is 2.95. The molecule has 0 bridgehead atoms. The van der Waals surface area contributed by atoms with Crippen molar-refractivity contribution in [2.24, 2.45) is 4.99 Å². The summed E-state index contributed by atoms with van der Waals surface area (Å²) in [5.41, 5.74) is 3.59. The van der Waals surface area contributed by atoms with Crippen molar-refractivity contribution in [1.82, 2.24) is 0 Å². The number of nitrogens with zero attached hydrogens (tertiary/aromatic N) is 1. The predicted octanol–water partition coefficient (Wildman–Crippen LogP) is 4.28. The minimum Gasteiger partial charge on any atom is -0.356 e. The van der Waals surface area contributed by atoms with Crippen LogP contribution in [0.2, 0.25) is 0 Å². The molecule has 1 aliphatic carbocycles. The molecule has 21 heavy (non-hydrogen) atoms. The first-order valence-electron chi connectivity index (χ1n) is 7.01. The van der Waals surface area contributed by atoms with Crippen LogP contribution in [0.5, 0.6) is 0 Å². The molecule has 1 atom stereocenters. The lowest BCUT2D eigenvalue weighted by molar-refractivity contribution is -0.115. The molecular weight excluding hydrogens is 280 g/mol. The highest BCUT2D eigenvalue weighted by Gasteiger charge is 2.29. The second kappa shape index (κ2) is 4.97. The fourth-order valence-electron chi connectivity index (χ4n) is 2.91. The summed E-state index contributed by atoms with van der Waals surface area (Å²) in [5.74, 6) is 0.459. The maximum absolute atomic E-state index is 12.5. The van der Waals surface area contributed by atoms with Gasteiger partial charge in [0.15, 0.2) is 5.78 Å². The van der Waals surface area contributed by atoms with Crippen LogP contribution in [0.1, 0.15) is 23.6 Å². The van der Waals surface area contributed by atoms with Crippen LogP contribution in [-0.4, -0.2) is 12.0 Å². The van der Waals surface area contributed by atoms with Gasteiger partial charge in [-0.1, -0.05) is 18.2 Å². The first-order chi connectivity index (χ1) is 10.3. The van der Waals surface area contributed by atoms with Gasteiger partial charge in [-0.2, -0.15) is 0 Å². The van der Waals surface area contributed by atoms with Gasteiger partial charge in [-0.05, 0) is 30.0 Å². The number of ketones is 1. The van der Waals surface area contributed by atoms with Gasteiger partial charge >= 0.3 is 0 Å². The lowest BCUT2D eigenvalue weighted by Crippen LogP contribution is -2.21. The van der Waals surface area contributed by atoms with Crippen LogP contribution in [0.25, 0.3) is 0 Å². The van der Waals surface area contributed by atoms with Crippen LogP contribution < -0.4 is 5.32 Å². The van der Waals surface area contributed by atoms with Crippen molar-refractivity contribution in [2.45, 2.75) is 18.8 Å². The van der Waals surface area contributed by atoms with Gasteiger partial charge in [-0.15, -0.1) is 11.3 Å². The van der Waals surface area contributed by atoms with Crippen molar-refractivity contribution >= 4 is 34.7 Å². The third kappa shape index (κ3) is 2.21. The molecule has 0 unspecified atom stereocenters. The Hall–Kier alpha value is -2.20. The Labute approximate surface area is 127 Å². The van der Waals surface area contributed by atoms with Crippen molar-refractivity contribution < 1.29 is 4.79 Å². The smallest absolute Gasteiger partial charge is 0.166 e. The molecule has 1 aromatic heterocycles. The first kappa shape index (κ1) is 12.5. The Kier molecular flexibility index (Phi) is 2.97. The van der Waals surface area contributed by atoms with Crippen molar-refractivity contribution in [3.63, 3.8) is 0 Å². The molecule has 0 saturated heterocycles. The van der Waals surface area contributed by atoms with E-state index in [1.165, 1.54) is 4.88 Å². The number of anilines is 1. The topological polar surface area (TPSA) is 41.5 Å². The fraction of sp³-hybridized carbons (Fsp3) is 0.176. The van der Waals surface area contributed by atoms with E-state index in [9.17, 15) is 4.79 Å². The molecule has 0 spiro atoms. The van der Waals surface area contributed by atoms with Gasteiger partial charge in [0.25, 0.3) is 0 Å². The molecule has 0 fully saturated rings. The largest absolute Gasteiger partial charge is 0.356 e. The maximum Gasteiger partial charge on any atom is 0.166 e. The van der Waals surface area contributed by atoms with Gasteiger partial charge in [0.05, 0.1) is 16.9 Å². The van der Waals surface area contributed by atoms with Crippen LogP contribution in [0.15, 0.2) is 58.0 Å². The summed E-state index contributed by atoms with van der Waals surface area (Å²) < 4.78 is 0. The Balaban J connectivity index is 1.72. The summed E-state index contributed by atoms with van der Waals surface area (Å²) in [4.78, 5) is 18.2. The lowest BCUT2D eigenvalue weighted by Gasteiger charge is -2.24. The summed E-state index contributed by atoms with van der Waals surface area (Å²) >= 11 is 1.73. The summed E-state index contributed by atoms with van der Waals surface area (Å²) in [6.45, 7) is 0. The minimum atomic E-state index is 0.179. The third-order valence-corrected chi connectivity index (χ3v) is 5.01. The van der Waals surface area contributed by atoms with Crippen LogP contribution in [0.4, 0.5) is 11.4 Å². The number of rotatable bonds is 1. The molecular formula is C17H14N2OS. The van der Waals surface area contributed by atoms with Crippen LogP contribution in [-0.2, 0) is 4.79 Å². The second-order valence-corrected chi connectivity index (χ2v) is 6.32. The Morgan fingerprint density at radius 3 is 2.90 bits per heavy atom. The second-order valence-electron chi connectivity index (χ2n) is 5.34. The van der Waals surface area contributed by atoms with Gasteiger partial charge in [0, 0.05) is 29.1 Å². The average molecular weight is 294 g/mol. The molecule has 1 aromatic carbocycles. The molecule has 104 valence electrons. The van der Waals surface area contributed by atoms with E-state index in [1.807, 2.05) is 30.3 Å². The van der Waals surface area contributed by atoms with Crippen LogP contribution in [0, 0.1) is 0 Å². The summed E-state index contributed by atoms with van der Waals surface area (Å²) in [6.07, 6.45) is 3.16. The lowest BCUT2D eigenvalue weighted by atomic mass is 9.85. The molecule has 2 aliphatic rings. The van der Waals surface area contributed by atoms with Crippen molar-refractivity contribution in [3.05, 3.63) is 57.9 Å². The maximum atomic E-state index is 12.5. The molecule has 1 N–H and O–H groups in total. The van der Waals surface area contributed by atoms with Gasteiger partial charge in [0.2, 0.25) is 0 Å². The molecule has 4 heteroatoms. The van der Waals surface area contributed by atoms with Crippen molar-refractivity contribution in [2.75, 3.05) is 5.32 Å². The highest BCUT2D eigenvalue weighted by Crippen LogP contribution is 2.39. The number of benzene rings is 1. The molecule has 1 aliphatic heterocycles. The van der Waals surface area contributed by atoms with E-state index in [1.54, 1.807) is 17.6 Å². The van der Waals surface area contributed by atoms with Crippen LogP contribution in [0.3, 0.4) is 0 Å². The number of hydrogen-bond donors (Lipinski definition) is 1.